The number of aromatic nitrogens is 4. The standard InChI is InChI=1S/C35H47N7O4/c1-21-26-11-10-22-17-28(42(31(22)38-26)14-9-7-6-8-13-35(2,3)34(45)37-21)32-39-27-16-24(18-29(46-5)30(27)40(32)4)33(44)41-15-12-23(20-43)25(36)19-41/h10-11,16-18,21,23,25,43H,6-9,12-15,19-20,36H2,1-5H3,(H,37,45)/t21-,23?,25-/m1/s1. The molecular weight excluding hydrogens is 582 g/mol. The molecule has 2 bridgehead atoms. The number of pyridine rings is 1. The van der Waals surface area contributed by atoms with Crippen LogP contribution in [0.3, 0.4) is 0 Å². The summed E-state index contributed by atoms with van der Waals surface area (Å²) in [5, 5.41) is 13.8. The van der Waals surface area contributed by atoms with Gasteiger partial charge in [-0.15, -0.1) is 0 Å². The first kappa shape index (κ1) is 32.0. The van der Waals surface area contributed by atoms with E-state index < -0.39 is 5.41 Å². The molecule has 46 heavy (non-hydrogen) atoms. The zero-order valence-electron chi connectivity index (χ0n) is 27.7. The second kappa shape index (κ2) is 12.7. The third kappa shape index (κ3) is 5.86. The van der Waals surface area contributed by atoms with Crippen molar-refractivity contribution in [3.05, 3.63) is 41.6 Å². The Kier molecular flexibility index (Phi) is 8.82. The van der Waals surface area contributed by atoms with Crippen molar-refractivity contribution in [1.29, 1.82) is 0 Å². The number of rotatable bonds is 4. The molecule has 0 saturated carbocycles. The molecule has 1 unspecified atom stereocenters. The van der Waals surface area contributed by atoms with Crippen molar-refractivity contribution in [3.8, 4) is 17.3 Å². The number of fused-ring (bicyclic) bond motifs is 2. The Bertz CT molecular complexity index is 1770. The Morgan fingerprint density at radius 2 is 1.91 bits per heavy atom. The molecule has 2 aliphatic rings. The number of benzene rings is 1. The number of hydrogen-bond acceptors (Lipinski definition) is 7. The van der Waals surface area contributed by atoms with E-state index in [9.17, 15) is 14.7 Å². The van der Waals surface area contributed by atoms with Gasteiger partial charge >= 0.3 is 0 Å². The first-order chi connectivity index (χ1) is 22.0. The highest BCUT2D eigenvalue weighted by atomic mass is 16.5. The van der Waals surface area contributed by atoms with Crippen molar-refractivity contribution in [1.82, 2.24) is 29.3 Å². The molecule has 4 aromatic rings. The molecule has 1 fully saturated rings. The van der Waals surface area contributed by atoms with Gasteiger partial charge in [-0.05, 0) is 56.5 Å². The first-order valence-corrected chi connectivity index (χ1v) is 16.5. The highest BCUT2D eigenvalue weighted by Gasteiger charge is 2.31. The van der Waals surface area contributed by atoms with Gasteiger partial charge in [-0.2, -0.15) is 0 Å². The Hall–Kier alpha value is -3.96. The molecule has 0 radical (unpaired) electrons. The van der Waals surface area contributed by atoms with Gasteiger partial charge in [0.15, 0.2) is 5.82 Å². The summed E-state index contributed by atoms with van der Waals surface area (Å²) >= 11 is 0. The topological polar surface area (TPSA) is 141 Å². The van der Waals surface area contributed by atoms with Gasteiger partial charge in [0.05, 0.1) is 30.1 Å². The van der Waals surface area contributed by atoms with E-state index in [2.05, 4.69) is 22.0 Å². The summed E-state index contributed by atoms with van der Waals surface area (Å²) < 4.78 is 10.1. The van der Waals surface area contributed by atoms with Gasteiger partial charge in [0.1, 0.15) is 16.9 Å². The molecule has 0 aliphatic carbocycles. The van der Waals surface area contributed by atoms with Crippen LogP contribution in [-0.2, 0) is 18.4 Å². The van der Waals surface area contributed by atoms with Crippen molar-refractivity contribution in [2.75, 3.05) is 26.8 Å². The summed E-state index contributed by atoms with van der Waals surface area (Å²) in [5.74, 6) is 1.26. The van der Waals surface area contributed by atoms with Gasteiger partial charge < -0.3 is 34.9 Å². The quantitative estimate of drug-likeness (QED) is 0.301. The molecule has 11 nitrogen and oxygen atoms in total. The molecule has 4 N–H and O–H groups in total. The third-order valence-corrected chi connectivity index (χ3v) is 10.1. The van der Waals surface area contributed by atoms with Gasteiger partial charge in [-0.3, -0.25) is 9.59 Å². The maximum absolute atomic E-state index is 13.6. The largest absolute Gasteiger partial charge is 0.494 e. The van der Waals surface area contributed by atoms with Crippen molar-refractivity contribution >= 4 is 33.9 Å². The number of methoxy groups -OCH3 is 1. The number of likely N-dealkylation sites (tertiary alicyclic amines) is 1. The molecule has 6 rings (SSSR count). The van der Waals surface area contributed by atoms with E-state index in [1.54, 1.807) is 18.1 Å². The number of aliphatic hydroxyl groups excluding tert-OH is 1. The normalized spacial score (nSPS) is 22.6. The lowest BCUT2D eigenvalue weighted by molar-refractivity contribution is -0.130. The predicted octanol–water partition coefficient (Wildman–Crippen LogP) is 4.55. The summed E-state index contributed by atoms with van der Waals surface area (Å²) in [6.45, 7) is 7.79. The fourth-order valence-electron chi connectivity index (χ4n) is 7.01. The number of ether oxygens (including phenoxy) is 1. The number of aryl methyl sites for hydroxylation is 2. The van der Waals surface area contributed by atoms with Gasteiger partial charge in [0.25, 0.3) is 5.91 Å². The molecule has 246 valence electrons. The molecule has 2 amide bonds. The predicted molar refractivity (Wildman–Crippen MR) is 178 cm³/mol. The summed E-state index contributed by atoms with van der Waals surface area (Å²) in [6, 6.07) is 9.31. The van der Waals surface area contributed by atoms with Crippen LogP contribution < -0.4 is 15.8 Å². The lowest BCUT2D eigenvalue weighted by Gasteiger charge is -2.36. The summed E-state index contributed by atoms with van der Waals surface area (Å²) in [6.07, 6.45) is 5.60. The van der Waals surface area contributed by atoms with Crippen molar-refractivity contribution < 1.29 is 19.4 Å². The summed E-state index contributed by atoms with van der Waals surface area (Å²) in [7, 11) is 3.58. The molecule has 0 spiro atoms. The van der Waals surface area contributed by atoms with Crippen LogP contribution in [0.1, 0.15) is 81.4 Å². The smallest absolute Gasteiger partial charge is 0.254 e. The van der Waals surface area contributed by atoms with E-state index in [-0.39, 0.29) is 36.4 Å². The average Bonchev–Trinajstić information content (AvgIpc) is 3.57. The number of aliphatic hydroxyl groups is 1. The summed E-state index contributed by atoms with van der Waals surface area (Å²) in [4.78, 5) is 38.7. The number of carbonyl (C=O) groups excluding carboxylic acids is 2. The number of imidazole rings is 1. The lowest BCUT2D eigenvalue weighted by Crippen LogP contribution is -2.51. The van der Waals surface area contributed by atoms with Crippen LogP contribution in [0.2, 0.25) is 0 Å². The van der Waals surface area contributed by atoms with Crippen molar-refractivity contribution in [2.45, 2.75) is 77.9 Å². The zero-order chi connectivity index (χ0) is 32.7. The van der Waals surface area contributed by atoms with E-state index in [1.807, 2.05) is 44.5 Å². The van der Waals surface area contributed by atoms with Crippen LogP contribution in [0.5, 0.6) is 5.75 Å². The third-order valence-electron chi connectivity index (χ3n) is 10.1. The fourth-order valence-corrected chi connectivity index (χ4v) is 7.01. The second-order valence-electron chi connectivity index (χ2n) is 13.8. The van der Waals surface area contributed by atoms with Crippen LogP contribution in [0.15, 0.2) is 30.3 Å². The molecule has 1 saturated heterocycles. The SMILES string of the molecule is COc1cc(C(=O)N2CCC(CO)[C@H](N)C2)cc2nc(-c3cc4ccc5nc4n3CCCCCCC(C)(C)C(=O)N[C@@H]5C)n(C)c12. The molecule has 5 heterocycles. The molecular formula is C35H47N7O4. The zero-order valence-corrected chi connectivity index (χ0v) is 27.7. The van der Waals surface area contributed by atoms with Crippen LogP contribution in [0.25, 0.3) is 33.6 Å². The van der Waals surface area contributed by atoms with Crippen LogP contribution in [0, 0.1) is 11.3 Å². The molecule has 3 atom stereocenters. The Morgan fingerprint density at radius 1 is 1.13 bits per heavy atom. The number of carbonyl (C=O) groups is 2. The van der Waals surface area contributed by atoms with Crippen LogP contribution in [0.4, 0.5) is 0 Å². The van der Waals surface area contributed by atoms with Gasteiger partial charge in [0.2, 0.25) is 5.91 Å². The number of hydrogen-bond donors (Lipinski definition) is 3. The van der Waals surface area contributed by atoms with Gasteiger partial charge in [-0.1, -0.05) is 33.1 Å². The molecule has 2 aliphatic heterocycles. The van der Waals surface area contributed by atoms with E-state index in [4.69, 9.17) is 20.4 Å². The number of piperidine rings is 1. The van der Waals surface area contributed by atoms with E-state index in [0.29, 0.717) is 36.3 Å². The van der Waals surface area contributed by atoms with Crippen LogP contribution in [-0.4, -0.2) is 73.8 Å². The Balaban J connectivity index is 1.41. The van der Waals surface area contributed by atoms with E-state index in [0.717, 1.165) is 72.4 Å². The van der Waals surface area contributed by atoms with E-state index >= 15 is 0 Å². The summed E-state index contributed by atoms with van der Waals surface area (Å²) in [5.41, 5.74) is 10.4. The number of nitrogens with zero attached hydrogens (tertiary/aromatic N) is 5. The number of nitrogens with one attached hydrogen (secondary N) is 1. The highest BCUT2D eigenvalue weighted by Crippen LogP contribution is 2.35. The minimum absolute atomic E-state index is 0.00244. The van der Waals surface area contributed by atoms with Crippen LogP contribution >= 0.6 is 0 Å². The second-order valence-corrected chi connectivity index (χ2v) is 13.8. The molecule has 11 heteroatoms. The number of nitrogens with two attached hydrogens (primary N) is 1. The average molecular weight is 630 g/mol. The van der Waals surface area contributed by atoms with Crippen molar-refractivity contribution in [2.24, 2.45) is 24.1 Å². The highest BCUT2D eigenvalue weighted by molar-refractivity contribution is 6.00. The molecule has 3 aromatic heterocycles. The van der Waals surface area contributed by atoms with Gasteiger partial charge in [0, 0.05) is 61.6 Å². The minimum Gasteiger partial charge on any atom is -0.494 e. The first-order valence-electron chi connectivity index (χ1n) is 16.5. The van der Waals surface area contributed by atoms with E-state index in [1.165, 1.54) is 0 Å². The fraction of sp³-hybridized carbons (Fsp3) is 0.543. The maximum Gasteiger partial charge on any atom is 0.254 e. The van der Waals surface area contributed by atoms with Gasteiger partial charge in [-0.25, -0.2) is 9.97 Å². The molecule has 1 aromatic carbocycles. The Morgan fingerprint density at radius 3 is 2.65 bits per heavy atom. The lowest BCUT2D eigenvalue weighted by atomic mass is 9.85. The maximum atomic E-state index is 13.6. The van der Waals surface area contributed by atoms with Crippen molar-refractivity contribution in [3.63, 3.8) is 0 Å². The number of amides is 2. The monoisotopic (exact) mass is 629 g/mol. The Labute approximate surface area is 270 Å². The minimum atomic E-state index is -0.425.